The van der Waals surface area contributed by atoms with Crippen LogP contribution >= 0.6 is 15.9 Å². The molecule has 13 heavy (non-hydrogen) atoms. The van der Waals surface area contributed by atoms with Crippen LogP contribution < -0.4 is 5.73 Å². The molecule has 1 aliphatic carbocycles. The molecule has 0 amide bonds. The van der Waals surface area contributed by atoms with Crippen molar-refractivity contribution in [2.45, 2.75) is 18.5 Å². The predicted molar refractivity (Wildman–Crippen MR) is 54.3 cm³/mol. The normalized spacial score (nSPS) is 26.1. The maximum absolute atomic E-state index is 14.1. The second-order valence-corrected chi connectivity index (χ2v) is 4.29. The third kappa shape index (κ3) is 1.30. The third-order valence-corrected chi connectivity index (χ3v) is 3.44. The zero-order chi connectivity index (χ0) is 9.47. The first-order valence-corrected chi connectivity index (χ1v) is 5.13. The third-order valence-electron chi connectivity index (χ3n) is 2.70. The Bertz CT molecular complexity index is 340. The molecule has 0 spiro atoms. The lowest BCUT2D eigenvalue weighted by molar-refractivity contribution is 0.177. The van der Waals surface area contributed by atoms with E-state index in [0.717, 1.165) is 22.0 Å². The smallest absolute Gasteiger partial charge is 0.148 e. The van der Waals surface area contributed by atoms with Crippen LogP contribution in [0, 0.1) is 0 Å². The summed E-state index contributed by atoms with van der Waals surface area (Å²) in [4.78, 5) is 0. The van der Waals surface area contributed by atoms with E-state index in [1.165, 1.54) is 0 Å². The minimum absolute atomic E-state index is 0.0798. The summed E-state index contributed by atoms with van der Waals surface area (Å²) >= 11 is 3.42. The van der Waals surface area contributed by atoms with Crippen LogP contribution in [-0.2, 0) is 12.1 Å². The van der Waals surface area contributed by atoms with E-state index in [1.807, 2.05) is 18.2 Å². The van der Waals surface area contributed by atoms with Gasteiger partial charge >= 0.3 is 0 Å². The zero-order valence-electron chi connectivity index (χ0n) is 7.19. The molecule has 1 aromatic rings. The molecule has 2 rings (SSSR count). The molecule has 0 saturated carbocycles. The van der Waals surface area contributed by atoms with Crippen LogP contribution in [-0.4, -0.2) is 6.54 Å². The van der Waals surface area contributed by atoms with Crippen molar-refractivity contribution in [3.63, 3.8) is 0 Å². The number of benzene rings is 1. The molecule has 0 radical (unpaired) electrons. The Hall–Kier alpha value is -0.410. The van der Waals surface area contributed by atoms with E-state index in [9.17, 15) is 4.39 Å². The second-order valence-electron chi connectivity index (χ2n) is 3.44. The molecule has 70 valence electrons. The number of nitrogens with two attached hydrogens (primary N) is 1. The molecule has 1 aromatic carbocycles. The summed E-state index contributed by atoms with van der Waals surface area (Å²) in [5.74, 6) is 0. The number of rotatable bonds is 1. The molecule has 0 fully saturated rings. The summed E-state index contributed by atoms with van der Waals surface area (Å²) < 4.78 is 15.1. The Morgan fingerprint density at radius 3 is 3.00 bits per heavy atom. The van der Waals surface area contributed by atoms with Gasteiger partial charge in [-0.05, 0) is 30.0 Å². The van der Waals surface area contributed by atoms with Gasteiger partial charge in [-0.15, -0.1) is 0 Å². The first-order valence-electron chi connectivity index (χ1n) is 4.34. The molecule has 0 bridgehead atoms. The van der Waals surface area contributed by atoms with E-state index in [2.05, 4.69) is 15.9 Å². The van der Waals surface area contributed by atoms with Crippen molar-refractivity contribution in [3.05, 3.63) is 33.8 Å². The molecular formula is C10H11BrFN. The molecule has 2 N–H and O–H groups in total. The van der Waals surface area contributed by atoms with Gasteiger partial charge in [0.15, 0.2) is 0 Å². The highest BCUT2D eigenvalue weighted by Gasteiger charge is 2.38. The largest absolute Gasteiger partial charge is 0.327 e. The van der Waals surface area contributed by atoms with Crippen LogP contribution in [0.1, 0.15) is 17.5 Å². The first kappa shape index (κ1) is 9.16. The molecular weight excluding hydrogens is 233 g/mol. The lowest BCUT2D eigenvalue weighted by Gasteiger charge is -2.18. The van der Waals surface area contributed by atoms with Gasteiger partial charge in [0.1, 0.15) is 5.67 Å². The van der Waals surface area contributed by atoms with Gasteiger partial charge in [0.2, 0.25) is 0 Å². The number of fused-ring (bicyclic) bond motifs is 1. The Labute approximate surface area is 85.3 Å². The molecule has 1 atom stereocenters. The van der Waals surface area contributed by atoms with Gasteiger partial charge in [-0.2, -0.15) is 0 Å². The van der Waals surface area contributed by atoms with Crippen molar-refractivity contribution in [2.24, 2.45) is 5.73 Å². The number of alkyl halides is 1. The van der Waals surface area contributed by atoms with Crippen molar-refractivity contribution in [1.82, 2.24) is 0 Å². The summed E-state index contributed by atoms with van der Waals surface area (Å²) in [6.45, 7) is 0.0798. The van der Waals surface area contributed by atoms with Gasteiger partial charge in [-0.25, -0.2) is 4.39 Å². The van der Waals surface area contributed by atoms with Crippen molar-refractivity contribution in [3.8, 4) is 0 Å². The fourth-order valence-corrected chi connectivity index (χ4v) is 2.47. The van der Waals surface area contributed by atoms with Crippen molar-refractivity contribution in [1.29, 1.82) is 0 Å². The van der Waals surface area contributed by atoms with Gasteiger partial charge in [0.25, 0.3) is 0 Å². The minimum atomic E-state index is -1.29. The van der Waals surface area contributed by atoms with Crippen LogP contribution in [0.5, 0.6) is 0 Å². The van der Waals surface area contributed by atoms with Gasteiger partial charge in [0, 0.05) is 11.0 Å². The van der Waals surface area contributed by atoms with E-state index in [-0.39, 0.29) is 6.54 Å². The monoisotopic (exact) mass is 243 g/mol. The summed E-state index contributed by atoms with van der Waals surface area (Å²) in [7, 11) is 0. The Morgan fingerprint density at radius 2 is 2.31 bits per heavy atom. The molecule has 0 aromatic heterocycles. The van der Waals surface area contributed by atoms with Crippen LogP contribution in [0.15, 0.2) is 22.7 Å². The Balaban J connectivity index is 2.55. The van der Waals surface area contributed by atoms with Gasteiger partial charge < -0.3 is 5.73 Å². The molecule has 1 nitrogen and oxygen atoms in total. The summed E-state index contributed by atoms with van der Waals surface area (Å²) in [5.41, 5.74) is 6.00. The van der Waals surface area contributed by atoms with E-state index < -0.39 is 5.67 Å². The SMILES string of the molecule is NCC1(F)CCc2c(Br)cccc21. The van der Waals surface area contributed by atoms with E-state index in [1.54, 1.807) is 0 Å². The van der Waals surface area contributed by atoms with E-state index >= 15 is 0 Å². The van der Waals surface area contributed by atoms with E-state index in [4.69, 9.17) is 5.73 Å². The second kappa shape index (κ2) is 3.07. The van der Waals surface area contributed by atoms with Gasteiger partial charge in [-0.1, -0.05) is 28.1 Å². The molecule has 0 heterocycles. The average Bonchev–Trinajstić information content (AvgIpc) is 2.47. The van der Waals surface area contributed by atoms with Crippen LogP contribution in [0.25, 0.3) is 0 Å². The lowest BCUT2D eigenvalue weighted by atomic mass is 9.98. The number of hydrogen-bond donors (Lipinski definition) is 1. The fourth-order valence-electron chi connectivity index (χ4n) is 1.90. The van der Waals surface area contributed by atoms with Crippen LogP contribution in [0.4, 0.5) is 4.39 Å². The molecule has 1 unspecified atom stereocenters. The summed E-state index contributed by atoms with van der Waals surface area (Å²) in [6, 6.07) is 5.64. The number of halogens is 2. The quantitative estimate of drug-likeness (QED) is 0.807. The van der Waals surface area contributed by atoms with Gasteiger partial charge in [-0.3, -0.25) is 0 Å². The molecule has 0 aliphatic heterocycles. The topological polar surface area (TPSA) is 26.0 Å². The minimum Gasteiger partial charge on any atom is -0.327 e. The standard InChI is InChI=1S/C10H11BrFN/c11-9-3-1-2-8-7(9)4-5-10(8,12)6-13/h1-3H,4-6,13H2. The van der Waals surface area contributed by atoms with Gasteiger partial charge in [0.05, 0.1) is 0 Å². The van der Waals surface area contributed by atoms with Crippen molar-refractivity contribution in [2.75, 3.05) is 6.54 Å². The zero-order valence-corrected chi connectivity index (χ0v) is 8.77. The van der Waals surface area contributed by atoms with Crippen LogP contribution in [0.2, 0.25) is 0 Å². The number of hydrogen-bond acceptors (Lipinski definition) is 1. The highest BCUT2D eigenvalue weighted by Crippen LogP contribution is 2.42. The highest BCUT2D eigenvalue weighted by molar-refractivity contribution is 9.10. The average molecular weight is 244 g/mol. The molecule has 0 saturated heterocycles. The summed E-state index contributed by atoms with van der Waals surface area (Å²) in [6.07, 6.45) is 1.30. The lowest BCUT2D eigenvalue weighted by Crippen LogP contribution is -2.27. The molecule has 1 aliphatic rings. The van der Waals surface area contributed by atoms with Crippen molar-refractivity contribution >= 4 is 15.9 Å². The summed E-state index contributed by atoms with van der Waals surface area (Å²) in [5, 5.41) is 0. The fraction of sp³-hybridized carbons (Fsp3) is 0.400. The first-order chi connectivity index (χ1) is 6.17. The maximum atomic E-state index is 14.1. The van der Waals surface area contributed by atoms with E-state index in [0.29, 0.717) is 6.42 Å². The molecule has 3 heteroatoms. The Morgan fingerprint density at radius 1 is 1.54 bits per heavy atom. The Kier molecular flexibility index (Phi) is 2.16. The van der Waals surface area contributed by atoms with Crippen molar-refractivity contribution < 1.29 is 4.39 Å². The maximum Gasteiger partial charge on any atom is 0.148 e. The van der Waals surface area contributed by atoms with Crippen LogP contribution in [0.3, 0.4) is 0 Å². The highest BCUT2D eigenvalue weighted by atomic mass is 79.9. The predicted octanol–water partition coefficient (Wildman–Crippen LogP) is 2.52.